The lowest BCUT2D eigenvalue weighted by Gasteiger charge is -2.27. The Morgan fingerprint density at radius 1 is 1.33 bits per heavy atom. The van der Waals surface area contributed by atoms with Crippen LogP contribution in [0.3, 0.4) is 0 Å². The van der Waals surface area contributed by atoms with Crippen molar-refractivity contribution in [1.82, 2.24) is 10.2 Å². The summed E-state index contributed by atoms with van der Waals surface area (Å²) in [6, 6.07) is -0.124. The first-order valence-electron chi connectivity index (χ1n) is 7.05. The van der Waals surface area contributed by atoms with E-state index in [4.69, 9.17) is 0 Å². The lowest BCUT2D eigenvalue weighted by Crippen LogP contribution is -2.49. The molecule has 4 heteroatoms. The number of aliphatic hydroxyl groups is 1. The first kappa shape index (κ1) is 15.4. The van der Waals surface area contributed by atoms with E-state index in [0.717, 1.165) is 12.8 Å². The monoisotopic (exact) mass is 256 g/mol. The molecule has 18 heavy (non-hydrogen) atoms. The number of nitrogens with zero attached hydrogens (tertiary/aromatic N) is 1. The highest BCUT2D eigenvalue weighted by atomic mass is 16.3. The summed E-state index contributed by atoms with van der Waals surface area (Å²) >= 11 is 0. The molecule has 0 spiro atoms. The van der Waals surface area contributed by atoms with Crippen molar-refractivity contribution in [2.45, 2.75) is 51.7 Å². The maximum atomic E-state index is 12.1. The summed E-state index contributed by atoms with van der Waals surface area (Å²) < 4.78 is 0. The van der Waals surface area contributed by atoms with Crippen LogP contribution in [-0.4, -0.2) is 48.7 Å². The number of carbonyl (C=O) groups excluding carboxylic acids is 1. The molecule has 0 radical (unpaired) electrons. The Balaban J connectivity index is 2.39. The minimum atomic E-state index is -0.383. The Hall–Kier alpha value is -0.610. The van der Waals surface area contributed by atoms with E-state index in [1.54, 1.807) is 0 Å². The summed E-state index contributed by atoms with van der Waals surface area (Å²) in [7, 11) is 3.83. The highest BCUT2D eigenvalue weighted by Crippen LogP contribution is 2.27. The van der Waals surface area contributed by atoms with Gasteiger partial charge in [0.15, 0.2) is 0 Å². The van der Waals surface area contributed by atoms with Crippen molar-refractivity contribution in [3.8, 4) is 0 Å². The molecule has 2 unspecified atom stereocenters. The summed E-state index contributed by atoms with van der Waals surface area (Å²) in [4.78, 5) is 14.0. The van der Waals surface area contributed by atoms with Crippen molar-refractivity contribution >= 4 is 5.91 Å². The molecule has 1 fully saturated rings. The van der Waals surface area contributed by atoms with Crippen LogP contribution >= 0.6 is 0 Å². The summed E-state index contributed by atoms with van der Waals surface area (Å²) in [5.74, 6) is 0.665. The van der Waals surface area contributed by atoms with Gasteiger partial charge in [-0.3, -0.25) is 9.69 Å². The first-order chi connectivity index (χ1) is 8.43. The van der Waals surface area contributed by atoms with E-state index in [1.807, 2.05) is 32.8 Å². The number of hydrogen-bond acceptors (Lipinski definition) is 3. The van der Waals surface area contributed by atoms with Gasteiger partial charge in [-0.15, -0.1) is 0 Å². The second kappa shape index (κ2) is 7.10. The lowest BCUT2D eigenvalue weighted by atomic mass is 9.99. The van der Waals surface area contributed by atoms with Crippen LogP contribution in [-0.2, 0) is 4.79 Å². The predicted molar refractivity (Wildman–Crippen MR) is 73.3 cm³/mol. The molecule has 0 heterocycles. The average Bonchev–Trinajstić information content (AvgIpc) is 2.78. The normalized spacial score (nSPS) is 20.4. The Labute approximate surface area is 111 Å². The summed E-state index contributed by atoms with van der Waals surface area (Å²) in [5, 5.41) is 12.9. The number of nitrogens with one attached hydrogen (secondary N) is 1. The number of likely N-dealkylation sites (N-methyl/N-ethyl adjacent to an activating group) is 1. The van der Waals surface area contributed by atoms with Crippen LogP contribution in [0.2, 0.25) is 0 Å². The molecule has 0 bridgehead atoms. The van der Waals surface area contributed by atoms with Crippen LogP contribution in [0.1, 0.15) is 39.5 Å². The van der Waals surface area contributed by atoms with Crippen molar-refractivity contribution in [3.05, 3.63) is 0 Å². The van der Waals surface area contributed by atoms with Gasteiger partial charge in [-0.1, -0.05) is 26.7 Å². The van der Waals surface area contributed by atoms with E-state index in [0.29, 0.717) is 12.5 Å². The molecule has 1 amide bonds. The third-order valence-corrected chi connectivity index (χ3v) is 3.89. The van der Waals surface area contributed by atoms with Gasteiger partial charge in [-0.25, -0.2) is 0 Å². The summed E-state index contributed by atoms with van der Waals surface area (Å²) in [6.07, 6.45) is 4.23. The number of rotatable bonds is 6. The highest BCUT2D eigenvalue weighted by Gasteiger charge is 2.27. The van der Waals surface area contributed by atoms with Gasteiger partial charge in [0.1, 0.15) is 0 Å². The molecular weight excluding hydrogens is 228 g/mol. The fourth-order valence-electron chi connectivity index (χ4n) is 2.95. The van der Waals surface area contributed by atoms with Crippen molar-refractivity contribution < 1.29 is 9.90 Å². The number of carbonyl (C=O) groups is 1. The molecule has 0 aromatic rings. The molecule has 1 aliphatic rings. The molecule has 4 nitrogen and oxygen atoms in total. The topological polar surface area (TPSA) is 52.6 Å². The smallest absolute Gasteiger partial charge is 0.237 e. The Bertz CT molecular complexity index is 253. The van der Waals surface area contributed by atoms with E-state index in [9.17, 15) is 9.90 Å². The van der Waals surface area contributed by atoms with Gasteiger partial charge in [0, 0.05) is 6.54 Å². The second-order valence-electron chi connectivity index (χ2n) is 6.01. The molecule has 2 N–H and O–H groups in total. The van der Waals surface area contributed by atoms with Crippen LogP contribution in [0.15, 0.2) is 0 Å². The van der Waals surface area contributed by atoms with Gasteiger partial charge in [-0.05, 0) is 38.8 Å². The Morgan fingerprint density at radius 2 is 1.89 bits per heavy atom. The van der Waals surface area contributed by atoms with Gasteiger partial charge in [0.25, 0.3) is 0 Å². The standard InChI is InChI=1S/C14H28N2O2/c1-10(2)13(16(3)4)14(18)15-9-12(17)11-7-5-6-8-11/h10-13,17H,5-9H2,1-4H3,(H,15,18). The van der Waals surface area contributed by atoms with Gasteiger partial charge in [-0.2, -0.15) is 0 Å². The van der Waals surface area contributed by atoms with Crippen molar-refractivity contribution in [3.63, 3.8) is 0 Å². The van der Waals surface area contributed by atoms with Gasteiger partial charge < -0.3 is 10.4 Å². The average molecular weight is 256 g/mol. The van der Waals surface area contributed by atoms with Crippen LogP contribution in [0.5, 0.6) is 0 Å². The summed E-state index contributed by atoms with van der Waals surface area (Å²) in [5.41, 5.74) is 0. The minimum absolute atomic E-state index is 0.0204. The fourth-order valence-corrected chi connectivity index (χ4v) is 2.95. The molecule has 0 aliphatic heterocycles. The highest BCUT2D eigenvalue weighted by molar-refractivity contribution is 5.81. The molecule has 1 rings (SSSR count). The van der Waals surface area contributed by atoms with E-state index in [1.165, 1.54) is 12.8 Å². The molecule has 0 aromatic heterocycles. The number of aliphatic hydroxyl groups excluding tert-OH is 1. The molecular formula is C14H28N2O2. The maximum Gasteiger partial charge on any atom is 0.237 e. The van der Waals surface area contributed by atoms with Gasteiger partial charge >= 0.3 is 0 Å². The molecule has 0 saturated heterocycles. The van der Waals surface area contributed by atoms with Gasteiger partial charge in [0.05, 0.1) is 12.1 Å². The number of hydrogen-bond donors (Lipinski definition) is 2. The summed E-state index contributed by atoms with van der Waals surface area (Å²) in [6.45, 7) is 4.47. The lowest BCUT2D eigenvalue weighted by molar-refractivity contribution is -0.127. The van der Waals surface area contributed by atoms with E-state index in [-0.39, 0.29) is 24.0 Å². The number of amides is 1. The third-order valence-electron chi connectivity index (χ3n) is 3.89. The van der Waals surface area contributed by atoms with Crippen LogP contribution in [0, 0.1) is 11.8 Å². The maximum absolute atomic E-state index is 12.1. The minimum Gasteiger partial charge on any atom is -0.391 e. The largest absolute Gasteiger partial charge is 0.391 e. The quantitative estimate of drug-likeness (QED) is 0.752. The third kappa shape index (κ3) is 4.25. The van der Waals surface area contributed by atoms with Crippen LogP contribution in [0.25, 0.3) is 0 Å². The Kier molecular flexibility index (Phi) is 6.09. The van der Waals surface area contributed by atoms with Crippen LogP contribution < -0.4 is 5.32 Å². The first-order valence-corrected chi connectivity index (χ1v) is 7.05. The predicted octanol–water partition coefficient (Wildman–Crippen LogP) is 1.24. The zero-order valence-electron chi connectivity index (χ0n) is 12.1. The fraction of sp³-hybridized carbons (Fsp3) is 0.929. The SMILES string of the molecule is CC(C)C(C(=O)NCC(O)C1CCCC1)N(C)C. The molecule has 106 valence electrons. The van der Waals surface area contributed by atoms with Gasteiger partial charge in [0.2, 0.25) is 5.91 Å². The van der Waals surface area contributed by atoms with Crippen molar-refractivity contribution in [1.29, 1.82) is 0 Å². The molecule has 2 atom stereocenters. The molecule has 1 aliphatic carbocycles. The van der Waals surface area contributed by atoms with Crippen LogP contribution in [0.4, 0.5) is 0 Å². The zero-order chi connectivity index (χ0) is 13.7. The van der Waals surface area contributed by atoms with E-state index >= 15 is 0 Å². The van der Waals surface area contributed by atoms with E-state index < -0.39 is 0 Å². The molecule has 1 saturated carbocycles. The second-order valence-corrected chi connectivity index (χ2v) is 6.01. The molecule has 0 aromatic carbocycles. The Morgan fingerprint density at radius 3 is 2.33 bits per heavy atom. The van der Waals surface area contributed by atoms with Crippen molar-refractivity contribution in [2.75, 3.05) is 20.6 Å². The zero-order valence-corrected chi connectivity index (χ0v) is 12.1. The van der Waals surface area contributed by atoms with E-state index in [2.05, 4.69) is 5.32 Å². The van der Waals surface area contributed by atoms with Crippen molar-refractivity contribution in [2.24, 2.45) is 11.8 Å².